The van der Waals surface area contributed by atoms with E-state index in [0.29, 0.717) is 29.8 Å². The molecule has 0 aromatic heterocycles. The molecule has 4 atom stereocenters. The molecule has 1 saturated carbocycles. The number of hydrogen-bond acceptors (Lipinski definition) is 5. The number of ether oxygens (including phenoxy) is 2. The van der Waals surface area contributed by atoms with Crippen molar-refractivity contribution in [3.05, 3.63) is 23.8 Å². The number of benzene rings is 1. The van der Waals surface area contributed by atoms with Crippen LogP contribution in [0.2, 0.25) is 0 Å². The molecule has 4 rings (SSSR count). The Morgan fingerprint density at radius 1 is 1.23 bits per heavy atom. The van der Waals surface area contributed by atoms with Crippen molar-refractivity contribution in [3.8, 4) is 11.5 Å². The molecular weight excluding hydrogens is 386 g/mol. The zero-order valence-corrected chi connectivity index (χ0v) is 17.7. The molecular formula is C22H29N3O5. The van der Waals surface area contributed by atoms with Crippen LogP contribution in [0, 0.1) is 11.8 Å². The number of imide groups is 1. The van der Waals surface area contributed by atoms with E-state index < -0.39 is 17.5 Å². The average molecular weight is 415 g/mol. The summed E-state index contributed by atoms with van der Waals surface area (Å²) in [4.78, 5) is 39.1. The fourth-order valence-electron chi connectivity index (χ4n) is 4.65. The Balaban J connectivity index is 1.40. The first kappa shape index (κ1) is 20.5. The van der Waals surface area contributed by atoms with Crippen LogP contribution in [0.25, 0.3) is 0 Å². The molecule has 2 aliphatic heterocycles. The quantitative estimate of drug-likeness (QED) is 0.719. The third-order valence-electron chi connectivity index (χ3n) is 6.69. The van der Waals surface area contributed by atoms with Crippen LogP contribution in [0.3, 0.4) is 0 Å². The monoisotopic (exact) mass is 415 g/mol. The highest BCUT2D eigenvalue weighted by molar-refractivity contribution is 6.09. The predicted octanol–water partition coefficient (Wildman–Crippen LogP) is 2.21. The molecule has 2 fully saturated rings. The van der Waals surface area contributed by atoms with E-state index in [9.17, 15) is 14.4 Å². The lowest BCUT2D eigenvalue weighted by Gasteiger charge is -2.34. The summed E-state index contributed by atoms with van der Waals surface area (Å²) >= 11 is 0. The van der Waals surface area contributed by atoms with Crippen LogP contribution >= 0.6 is 0 Å². The van der Waals surface area contributed by atoms with Crippen molar-refractivity contribution in [1.82, 2.24) is 15.5 Å². The standard InChI is InChI=1S/C22H29N3O5/c1-13-5-4-6-16(14(13)2)23-19(26)11-25-20(27)22(3,24-21(25)28)10-15-7-8-17-18(9-15)30-12-29-17/h7-9,13-14,16H,4-6,10-12H2,1-3H3,(H,23,26)(H,24,28)/t13-,14-,16+,22+/m1/s1. The van der Waals surface area contributed by atoms with Gasteiger partial charge in [-0.1, -0.05) is 32.8 Å². The third kappa shape index (κ3) is 3.82. The van der Waals surface area contributed by atoms with Gasteiger partial charge in [-0.3, -0.25) is 14.5 Å². The maximum atomic E-state index is 13.0. The number of carbonyl (C=O) groups excluding carboxylic acids is 3. The molecule has 8 heteroatoms. The van der Waals surface area contributed by atoms with Crippen LogP contribution in [0.4, 0.5) is 4.79 Å². The summed E-state index contributed by atoms with van der Waals surface area (Å²) in [6.07, 6.45) is 3.47. The number of fused-ring (bicyclic) bond motifs is 1. The van der Waals surface area contributed by atoms with Crippen molar-refractivity contribution in [2.24, 2.45) is 11.8 Å². The van der Waals surface area contributed by atoms with Crippen molar-refractivity contribution in [1.29, 1.82) is 0 Å². The number of urea groups is 1. The van der Waals surface area contributed by atoms with Crippen LogP contribution in [0.5, 0.6) is 11.5 Å². The number of carbonyl (C=O) groups is 3. The Hall–Kier alpha value is -2.77. The first-order chi connectivity index (χ1) is 14.3. The first-order valence-corrected chi connectivity index (χ1v) is 10.6. The molecule has 1 aromatic rings. The van der Waals surface area contributed by atoms with Gasteiger partial charge in [0.1, 0.15) is 12.1 Å². The maximum Gasteiger partial charge on any atom is 0.325 e. The SMILES string of the molecule is C[C@@H]1[C@H](C)CCC[C@@H]1NC(=O)CN1C(=O)N[C@@](C)(Cc2ccc3c(c2)OCO3)C1=O. The zero-order valence-electron chi connectivity index (χ0n) is 17.7. The lowest BCUT2D eigenvalue weighted by Crippen LogP contribution is -2.49. The van der Waals surface area contributed by atoms with Crippen LogP contribution < -0.4 is 20.1 Å². The molecule has 0 bridgehead atoms. The molecule has 1 aromatic carbocycles. The lowest BCUT2D eigenvalue weighted by molar-refractivity contribution is -0.135. The molecule has 1 saturated heterocycles. The molecule has 30 heavy (non-hydrogen) atoms. The summed E-state index contributed by atoms with van der Waals surface area (Å²) in [6.45, 7) is 5.93. The minimum Gasteiger partial charge on any atom is -0.454 e. The van der Waals surface area contributed by atoms with Gasteiger partial charge in [-0.25, -0.2) is 4.79 Å². The largest absolute Gasteiger partial charge is 0.454 e. The molecule has 2 heterocycles. The Kier molecular flexibility index (Phi) is 5.34. The molecule has 0 spiro atoms. The van der Waals surface area contributed by atoms with E-state index in [1.807, 2.05) is 12.1 Å². The summed E-state index contributed by atoms with van der Waals surface area (Å²) < 4.78 is 10.7. The van der Waals surface area contributed by atoms with Crippen LogP contribution in [-0.2, 0) is 16.0 Å². The summed E-state index contributed by atoms with van der Waals surface area (Å²) in [6, 6.07) is 5.00. The Morgan fingerprint density at radius 2 is 2.00 bits per heavy atom. The van der Waals surface area contributed by atoms with E-state index in [-0.39, 0.29) is 25.3 Å². The number of nitrogens with one attached hydrogen (secondary N) is 2. The molecule has 2 N–H and O–H groups in total. The van der Waals surface area contributed by atoms with E-state index >= 15 is 0 Å². The van der Waals surface area contributed by atoms with Gasteiger partial charge in [0, 0.05) is 12.5 Å². The summed E-state index contributed by atoms with van der Waals surface area (Å²) in [5.74, 6) is 1.52. The Labute approximate surface area is 176 Å². The van der Waals surface area contributed by atoms with Crippen molar-refractivity contribution in [2.45, 2.75) is 58.0 Å². The van der Waals surface area contributed by atoms with E-state index in [0.717, 1.165) is 23.3 Å². The number of rotatable bonds is 5. The number of nitrogens with zero attached hydrogens (tertiary/aromatic N) is 1. The van der Waals surface area contributed by atoms with E-state index in [4.69, 9.17) is 9.47 Å². The second-order valence-electron chi connectivity index (χ2n) is 8.96. The van der Waals surface area contributed by atoms with E-state index in [1.165, 1.54) is 6.42 Å². The molecule has 1 aliphatic carbocycles. The van der Waals surface area contributed by atoms with Crippen molar-refractivity contribution in [3.63, 3.8) is 0 Å². The van der Waals surface area contributed by atoms with Crippen molar-refractivity contribution >= 4 is 17.8 Å². The second-order valence-corrected chi connectivity index (χ2v) is 8.96. The first-order valence-electron chi connectivity index (χ1n) is 10.6. The number of amides is 4. The average Bonchev–Trinajstić information content (AvgIpc) is 3.23. The van der Waals surface area contributed by atoms with Gasteiger partial charge in [0.15, 0.2) is 11.5 Å². The Morgan fingerprint density at radius 3 is 2.80 bits per heavy atom. The van der Waals surface area contributed by atoms with Gasteiger partial charge in [-0.05, 0) is 42.9 Å². The smallest absolute Gasteiger partial charge is 0.325 e. The highest BCUT2D eigenvalue weighted by atomic mass is 16.7. The van der Waals surface area contributed by atoms with Gasteiger partial charge in [0.2, 0.25) is 12.7 Å². The van der Waals surface area contributed by atoms with Crippen LogP contribution in [0.1, 0.15) is 45.6 Å². The second kappa shape index (κ2) is 7.81. The summed E-state index contributed by atoms with van der Waals surface area (Å²) in [5, 5.41) is 5.79. The molecule has 162 valence electrons. The van der Waals surface area contributed by atoms with Gasteiger partial charge >= 0.3 is 6.03 Å². The third-order valence-corrected chi connectivity index (χ3v) is 6.69. The topological polar surface area (TPSA) is 97.0 Å². The minimum atomic E-state index is -1.11. The molecule has 4 amide bonds. The van der Waals surface area contributed by atoms with Gasteiger partial charge in [-0.2, -0.15) is 0 Å². The number of hydrogen-bond donors (Lipinski definition) is 2. The molecule has 8 nitrogen and oxygen atoms in total. The summed E-state index contributed by atoms with van der Waals surface area (Å²) in [5.41, 5.74) is -0.274. The van der Waals surface area contributed by atoms with Crippen LogP contribution in [0.15, 0.2) is 18.2 Å². The summed E-state index contributed by atoms with van der Waals surface area (Å²) in [7, 11) is 0. The highest BCUT2D eigenvalue weighted by Gasteiger charge is 2.48. The molecule has 0 unspecified atom stereocenters. The zero-order chi connectivity index (χ0) is 21.5. The molecule has 3 aliphatic rings. The minimum absolute atomic E-state index is 0.0852. The van der Waals surface area contributed by atoms with E-state index in [1.54, 1.807) is 13.0 Å². The van der Waals surface area contributed by atoms with Gasteiger partial charge in [-0.15, -0.1) is 0 Å². The molecule has 0 radical (unpaired) electrons. The fraction of sp³-hybridized carbons (Fsp3) is 0.591. The predicted molar refractivity (Wildman–Crippen MR) is 109 cm³/mol. The van der Waals surface area contributed by atoms with Crippen molar-refractivity contribution < 1.29 is 23.9 Å². The van der Waals surface area contributed by atoms with Crippen molar-refractivity contribution in [2.75, 3.05) is 13.3 Å². The van der Waals surface area contributed by atoms with Gasteiger partial charge < -0.3 is 20.1 Å². The van der Waals surface area contributed by atoms with Crippen LogP contribution in [-0.4, -0.2) is 47.7 Å². The fourth-order valence-corrected chi connectivity index (χ4v) is 4.65. The lowest BCUT2D eigenvalue weighted by atomic mass is 9.78. The van der Waals surface area contributed by atoms with Gasteiger partial charge in [0.25, 0.3) is 5.91 Å². The Bertz CT molecular complexity index is 872. The maximum absolute atomic E-state index is 13.0. The normalized spacial score (nSPS) is 30.4. The van der Waals surface area contributed by atoms with Gasteiger partial charge in [0.05, 0.1) is 0 Å². The van der Waals surface area contributed by atoms with E-state index in [2.05, 4.69) is 24.5 Å². The highest BCUT2D eigenvalue weighted by Crippen LogP contribution is 2.34.